The molecule has 190 valence electrons. The molecule has 1 heterocycles. The molecule has 0 aliphatic rings. The van der Waals surface area contributed by atoms with Gasteiger partial charge in [-0.25, -0.2) is 9.97 Å². The van der Waals surface area contributed by atoms with E-state index in [1.54, 1.807) is 6.21 Å². The van der Waals surface area contributed by atoms with Gasteiger partial charge in [-0.05, 0) is 45.8 Å². The molecule has 8 nitrogen and oxygen atoms in total. The predicted molar refractivity (Wildman–Crippen MR) is 145 cm³/mol. The number of ketones is 1. The molecule has 2 N–H and O–H groups in total. The minimum Gasteiger partial charge on any atom is -0.505 e. The van der Waals surface area contributed by atoms with Gasteiger partial charge in [0.2, 0.25) is 5.78 Å². The number of aromatic nitrogens is 2. The first kappa shape index (κ1) is 32.9. The Hall–Kier alpha value is -3.29. The molecule has 0 fully saturated rings. The van der Waals surface area contributed by atoms with Crippen LogP contribution in [0, 0.1) is 5.92 Å². The lowest BCUT2D eigenvalue weighted by molar-refractivity contribution is -0.109. The van der Waals surface area contributed by atoms with E-state index in [9.17, 15) is 4.79 Å². The normalized spacial score (nSPS) is 11.8. The van der Waals surface area contributed by atoms with Gasteiger partial charge in [-0.2, -0.15) is 10.2 Å². The van der Waals surface area contributed by atoms with Crippen LogP contribution in [-0.2, 0) is 4.79 Å². The summed E-state index contributed by atoms with van der Waals surface area (Å²) in [6.45, 7) is 22.7. The van der Waals surface area contributed by atoms with E-state index >= 15 is 0 Å². The van der Waals surface area contributed by atoms with Gasteiger partial charge in [-0.15, -0.1) is 6.58 Å². The van der Waals surface area contributed by atoms with E-state index in [-0.39, 0.29) is 23.5 Å². The molecule has 0 aliphatic heterocycles. The number of hydrogen-bond acceptors (Lipinski definition) is 8. The highest BCUT2D eigenvalue weighted by atomic mass is 16.3. The smallest absolute Gasteiger partial charge is 0.201 e. The Kier molecular flexibility index (Phi) is 20.8. The number of allylic oxidation sites excluding steroid dienone is 3. The number of unbranched alkanes of at least 4 members (excludes halogenated alkanes) is 1. The number of hydrazone groups is 2. The Morgan fingerprint density at radius 3 is 2.21 bits per heavy atom. The zero-order valence-electron chi connectivity index (χ0n) is 22.0. The number of rotatable bonds is 13. The lowest BCUT2D eigenvalue weighted by Crippen LogP contribution is -2.29. The van der Waals surface area contributed by atoms with Crippen LogP contribution in [0.5, 0.6) is 5.75 Å². The van der Waals surface area contributed by atoms with E-state index in [2.05, 4.69) is 52.6 Å². The van der Waals surface area contributed by atoms with Crippen LogP contribution in [0.3, 0.4) is 0 Å². The third-order valence-electron chi connectivity index (χ3n) is 4.02. The van der Waals surface area contributed by atoms with Crippen molar-refractivity contribution in [3.8, 4) is 5.75 Å². The SMILES string of the molecule is C=CC(=O)/C(=N\NC(C)/C=N\N(CC)CC)C(C)C.C=CCC/C=C/c1ncc(O)cn1.CC. The Morgan fingerprint density at radius 1 is 1.15 bits per heavy atom. The van der Waals surface area contributed by atoms with Crippen LogP contribution in [0.15, 0.2) is 54.0 Å². The standard InChI is InChI=1S/C14H26N4O.C10H12N2O.C2H6/c1-7-13(19)14(11(4)5)17-16-12(6)10-15-18(8-2)9-3;1-2-3-4-5-6-10-11-7-9(13)8-12-10;1-2/h7,10-12,16H,1,8-9H2,2-6H3;2,5-8,13H,1,3-4H2;1-2H3/b15-10-,17-14-;6-5+;. The number of aromatic hydroxyl groups is 1. The monoisotopic (exact) mass is 472 g/mol. The van der Waals surface area contributed by atoms with Crippen LogP contribution in [-0.4, -0.2) is 56.9 Å². The van der Waals surface area contributed by atoms with Crippen molar-refractivity contribution in [3.05, 3.63) is 49.6 Å². The summed E-state index contributed by atoms with van der Waals surface area (Å²) in [5.74, 6) is 0.616. The first-order chi connectivity index (χ1) is 16.3. The molecular formula is C26H44N6O2. The van der Waals surface area contributed by atoms with Crippen LogP contribution >= 0.6 is 0 Å². The molecule has 34 heavy (non-hydrogen) atoms. The second-order valence-corrected chi connectivity index (χ2v) is 7.11. The molecule has 1 aromatic heterocycles. The summed E-state index contributed by atoms with van der Waals surface area (Å²) in [5, 5.41) is 19.3. The van der Waals surface area contributed by atoms with Crippen LogP contribution in [0.1, 0.15) is 67.1 Å². The summed E-state index contributed by atoms with van der Waals surface area (Å²) < 4.78 is 0. The molecule has 8 heteroatoms. The Morgan fingerprint density at radius 2 is 1.74 bits per heavy atom. The zero-order chi connectivity index (χ0) is 26.4. The van der Waals surface area contributed by atoms with Crippen molar-refractivity contribution in [2.24, 2.45) is 16.1 Å². The molecule has 0 aromatic carbocycles. The molecule has 0 amide bonds. The summed E-state index contributed by atoms with van der Waals surface area (Å²) in [6.07, 6.45) is 13.4. The molecule has 0 radical (unpaired) electrons. The van der Waals surface area contributed by atoms with Crippen molar-refractivity contribution >= 4 is 23.8 Å². The molecule has 1 atom stereocenters. The number of nitrogens with zero attached hydrogens (tertiary/aromatic N) is 5. The van der Waals surface area contributed by atoms with Crippen LogP contribution in [0.4, 0.5) is 0 Å². The highest BCUT2D eigenvalue weighted by Crippen LogP contribution is 2.04. The number of carbonyl (C=O) groups excluding carboxylic acids is 1. The van der Waals surface area contributed by atoms with Gasteiger partial charge >= 0.3 is 0 Å². The minimum atomic E-state index is -0.143. The molecular weight excluding hydrogens is 428 g/mol. The van der Waals surface area contributed by atoms with Crippen molar-refractivity contribution in [3.63, 3.8) is 0 Å². The summed E-state index contributed by atoms with van der Waals surface area (Å²) in [5.41, 5.74) is 3.41. The Balaban J connectivity index is 0. The maximum absolute atomic E-state index is 11.6. The molecule has 1 aromatic rings. The molecule has 1 rings (SSSR count). The average Bonchev–Trinajstić information content (AvgIpc) is 2.85. The van der Waals surface area contributed by atoms with E-state index in [0.29, 0.717) is 11.5 Å². The van der Waals surface area contributed by atoms with Gasteiger partial charge in [0.15, 0.2) is 11.6 Å². The van der Waals surface area contributed by atoms with Crippen molar-refractivity contribution in [1.29, 1.82) is 0 Å². The Bertz CT molecular complexity index is 766. The molecule has 0 bridgehead atoms. The predicted octanol–water partition coefficient (Wildman–Crippen LogP) is 5.25. The topological polar surface area (TPSA) is 103 Å². The summed E-state index contributed by atoms with van der Waals surface area (Å²) >= 11 is 0. The van der Waals surface area contributed by atoms with Gasteiger partial charge in [0.1, 0.15) is 5.71 Å². The van der Waals surface area contributed by atoms with E-state index in [1.165, 1.54) is 18.5 Å². The van der Waals surface area contributed by atoms with Crippen molar-refractivity contribution in [2.75, 3.05) is 13.1 Å². The van der Waals surface area contributed by atoms with Gasteiger partial charge in [-0.3, -0.25) is 9.80 Å². The van der Waals surface area contributed by atoms with Crippen molar-refractivity contribution < 1.29 is 9.90 Å². The quantitative estimate of drug-likeness (QED) is 0.134. The lowest BCUT2D eigenvalue weighted by Gasteiger charge is -2.15. The molecule has 0 spiro atoms. The molecule has 0 aliphatic carbocycles. The van der Waals surface area contributed by atoms with Gasteiger partial charge in [0.05, 0.1) is 18.4 Å². The van der Waals surface area contributed by atoms with Gasteiger partial charge in [0.25, 0.3) is 0 Å². The van der Waals surface area contributed by atoms with Crippen molar-refractivity contribution in [1.82, 2.24) is 20.4 Å². The highest BCUT2D eigenvalue weighted by Gasteiger charge is 2.12. The van der Waals surface area contributed by atoms with E-state index in [4.69, 9.17) is 5.11 Å². The summed E-state index contributed by atoms with van der Waals surface area (Å²) in [6, 6.07) is -0.0352. The van der Waals surface area contributed by atoms with Gasteiger partial charge in [0, 0.05) is 25.2 Å². The fourth-order valence-electron chi connectivity index (χ4n) is 2.18. The largest absolute Gasteiger partial charge is 0.505 e. The molecule has 1 unspecified atom stereocenters. The summed E-state index contributed by atoms with van der Waals surface area (Å²) in [7, 11) is 0. The minimum absolute atomic E-state index is 0.0352. The Labute approximate surface area is 206 Å². The maximum atomic E-state index is 11.6. The maximum Gasteiger partial charge on any atom is 0.201 e. The fraction of sp³-hybridized carbons (Fsp3) is 0.500. The van der Waals surface area contributed by atoms with Crippen LogP contribution in [0.2, 0.25) is 0 Å². The third kappa shape index (κ3) is 16.4. The number of hydrogen-bond donors (Lipinski definition) is 2. The fourth-order valence-corrected chi connectivity index (χ4v) is 2.18. The number of nitrogens with one attached hydrogen (secondary N) is 1. The third-order valence-corrected chi connectivity index (χ3v) is 4.02. The second-order valence-electron chi connectivity index (χ2n) is 7.11. The highest BCUT2D eigenvalue weighted by molar-refractivity contribution is 6.44. The lowest BCUT2D eigenvalue weighted by atomic mass is 10.0. The first-order valence-corrected chi connectivity index (χ1v) is 11.9. The van der Waals surface area contributed by atoms with E-state index in [1.807, 2.05) is 57.9 Å². The van der Waals surface area contributed by atoms with Gasteiger partial charge in [-0.1, -0.05) is 46.4 Å². The van der Waals surface area contributed by atoms with E-state index < -0.39 is 0 Å². The average molecular weight is 473 g/mol. The first-order valence-electron chi connectivity index (χ1n) is 11.9. The zero-order valence-corrected chi connectivity index (χ0v) is 22.0. The van der Waals surface area contributed by atoms with Crippen molar-refractivity contribution in [2.45, 2.75) is 67.3 Å². The second kappa shape index (κ2) is 21.6. The summed E-state index contributed by atoms with van der Waals surface area (Å²) in [4.78, 5) is 19.4. The molecule has 0 saturated carbocycles. The van der Waals surface area contributed by atoms with Gasteiger partial charge < -0.3 is 10.5 Å². The molecule has 0 saturated heterocycles. The van der Waals surface area contributed by atoms with Crippen LogP contribution in [0.25, 0.3) is 6.08 Å². The van der Waals surface area contributed by atoms with Crippen LogP contribution < -0.4 is 5.43 Å². The van der Waals surface area contributed by atoms with E-state index in [0.717, 1.165) is 25.9 Å². The number of carbonyl (C=O) groups is 1.